The van der Waals surface area contributed by atoms with Crippen molar-refractivity contribution in [1.29, 1.82) is 0 Å². The first-order chi connectivity index (χ1) is 9.68. The quantitative estimate of drug-likeness (QED) is 0.634. The number of para-hydroxylation sites is 1. The van der Waals surface area contributed by atoms with Gasteiger partial charge < -0.3 is 15.6 Å². The second-order valence-corrected chi connectivity index (χ2v) is 4.87. The van der Waals surface area contributed by atoms with Crippen LogP contribution in [0.2, 0.25) is 5.02 Å². The molecule has 0 bridgehead atoms. The molecule has 0 aliphatic carbocycles. The van der Waals surface area contributed by atoms with Crippen LogP contribution < -0.4 is 11.1 Å². The van der Waals surface area contributed by atoms with E-state index in [2.05, 4.69) is 10.3 Å². The van der Waals surface area contributed by atoms with Crippen molar-refractivity contribution in [3.8, 4) is 0 Å². The maximum absolute atomic E-state index is 11.9. The summed E-state index contributed by atoms with van der Waals surface area (Å²) < 4.78 is 2.01. The molecule has 2 rings (SSSR count). The number of carbonyl (C=O) groups excluding carboxylic acids is 1. The summed E-state index contributed by atoms with van der Waals surface area (Å²) in [5.41, 5.74) is 6.52. The number of carbonyl (C=O) groups is 1. The van der Waals surface area contributed by atoms with Gasteiger partial charge in [0.25, 0.3) is 5.91 Å². The molecule has 0 fully saturated rings. The van der Waals surface area contributed by atoms with E-state index in [0.29, 0.717) is 22.8 Å². The number of aromatic nitrogens is 2. The maximum Gasteiger partial charge on any atom is 0.253 e. The van der Waals surface area contributed by atoms with Crippen molar-refractivity contribution < 1.29 is 4.79 Å². The molecule has 0 unspecified atom stereocenters. The highest BCUT2D eigenvalue weighted by Crippen LogP contribution is 2.22. The summed E-state index contributed by atoms with van der Waals surface area (Å²) in [6, 6.07) is 5.05. The number of aryl methyl sites for hydroxylation is 1. The molecule has 20 heavy (non-hydrogen) atoms. The Labute approximate surface area is 122 Å². The fourth-order valence-electron chi connectivity index (χ4n) is 1.87. The molecule has 0 saturated heterocycles. The molecule has 106 valence electrons. The average molecular weight is 293 g/mol. The fourth-order valence-corrected chi connectivity index (χ4v) is 2.05. The lowest BCUT2D eigenvalue weighted by Gasteiger charge is -2.08. The predicted octanol–water partition coefficient (Wildman–Crippen LogP) is 2.33. The van der Waals surface area contributed by atoms with Crippen LogP contribution in [-0.2, 0) is 6.54 Å². The van der Waals surface area contributed by atoms with E-state index in [0.717, 1.165) is 19.4 Å². The number of hydrogen-bond acceptors (Lipinski definition) is 3. The summed E-state index contributed by atoms with van der Waals surface area (Å²) >= 11 is 5.89. The number of unbranched alkanes of at least 4 members (excludes halogenated alkanes) is 1. The Hall–Kier alpha value is -2.01. The molecule has 0 radical (unpaired) electrons. The van der Waals surface area contributed by atoms with Crippen molar-refractivity contribution in [1.82, 2.24) is 14.9 Å². The SMILES string of the molecule is Nc1c(Cl)cccc1C(=O)NCCCCn1ccnc1. The van der Waals surface area contributed by atoms with Gasteiger partial charge in [0.05, 0.1) is 22.6 Å². The normalized spacial score (nSPS) is 10.4. The van der Waals surface area contributed by atoms with Crippen LogP contribution in [0.4, 0.5) is 5.69 Å². The highest BCUT2D eigenvalue weighted by molar-refractivity contribution is 6.33. The number of benzene rings is 1. The average Bonchev–Trinajstić information content (AvgIpc) is 2.94. The zero-order valence-corrected chi connectivity index (χ0v) is 11.8. The minimum absolute atomic E-state index is 0.187. The van der Waals surface area contributed by atoms with Crippen LogP contribution in [0.25, 0.3) is 0 Å². The predicted molar refractivity (Wildman–Crippen MR) is 79.7 cm³/mol. The molecule has 0 atom stereocenters. The van der Waals surface area contributed by atoms with E-state index in [1.807, 2.05) is 10.8 Å². The molecule has 5 nitrogen and oxygen atoms in total. The molecule has 1 heterocycles. The number of nitrogens with one attached hydrogen (secondary N) is 1. The largest absolute Gasteiger partial charge is 0.397 e. The number of imidazole rings is 1. The molecule has 0 spiro atoms. The van der Waals surface area contributed by atoms with Crippen molar-refractivity contribution in [3.05, 3.63) is 47.5 Å². The molecule has 3 N–H and O–H groups in total. The van der Waals surface area contributed by atoms with E-state index in [1.54, 1.807) is 30.7 Å². The minimum atomic E-state index is -0.187. The van der Waals surface area contributed by atoms with Gasteiger partial charge in [0.2, 0.25) is 0 Å². The summed E-state index contributed by atoms with van der Waals surface area (Å²) in [5, 5.41) is 3.25. The third-order valence-corrected chi connectivity index (χ3v) is 3.31. The van der Waals surface area contributed by atoms with Gasteiger partial charge in [-0.05, 0) is 25.0 Å². The third kappa shape index (κ3) is 3.74. The lowest BCUT2D eigenvalue weighted by atomic mass is 10.1. The van der Waals surface area contributed by atoms with E-state index in [-0.39, 0.29) is 5.91 Å². The van der Waals surface area contributed by atoms with Crippen LogP contribution in [0.5, 0.6) is 0 Å². The summed E-state index contributed by atoms with van der Waals surface area (Å²) in [4.78, 5) is 15.9. The van der Waals surface area contributed by atoms with Gasteiger partial charge in [-0.1, -0.05) is 17.7 Å². The Morgan fingerprint density at radius 2 is 2.25 bits per heavy atom. The summed E-state index contributed by atoms with van der Waals surface area (Å²) in [6.07, 6.45) is 7.33. The Bertz CT molecular complexity index is 569. The zero-order chi connectivity index (χ0) is 14.4. The third-order valence-electron chi connectivity index (χ3n) is 2.99. The topological polar surface area (TPSA) is 72.9 Å². The first-order valence-corrected chi connectivity index (χ1v) is 6.84. The number of nitrogens with two attached hydrogens (primary N) is 1. The lowest BCUT2D eigenvalue weighted by Crippen LogP contribution is -2.25. The summed E-state index contributed by atoms with van der Waals surface area (Å²) in [5.74, 6) is -0.187. The van der Waals surface area contributed by atoms with Gasteiger partial charge in [0.15, 0.2) is 0 Å². The number of nitrogens with zero attached hydrogens (tertiary/aromatic N) is 2. The first kappa shape index (κ1) is 14.4. The van der Waals surface area contributed by atoms with E-state index in [4.69, 9.17) is 17.3 Å². The number of hydrogen-bond donors (Lipinski definition) is 2. The smallest absolute Gasteiger partial charge is 0.253 e. The van der Waals surface area contributed by atoms with Crippen molar-refractivity contribution in [3.63, 3.8) is 0 Å². The van der Waals surface area contributed by atoms with Gasteiger partial charge in [-0.2, -0.15) is 0 Å². The molecule has 6 heteroatoms. The second kappa shape index (κ2) is 6.96. The van der Waals surface area contributed by atoms with Gasteiger partial charge in [-0.25, -0.2) is 4.98 Å². The zero-order valence-electron chi connectivity index (χ0n) is 11.1. The molecule has 0 aliphatic heterocycles. The summed E-state index contributed by atoms with van der Waals surface area (Å²) in [6.45, 7) is 1.51. The van der Waals surface area contributed by atoms with Crippen LogP contribution >= 0.6 is 11.6 Å². The molecular formula is C14H17ClN4O. The van der Waals surface area contributed by atoms with E-state index < -0.39 is 0 Å². The Kier molecular flexibility index (Phi) is 5.01. The molecule has 0 aliphatic rings. The van der Waals surface area contributed by atoms with Crippen molar-refractivity contribution in [2.24, 2.45) is 0 Å². The van der Waals surface area contributed by atoms with Crippen LogP contribution in [0.15, 0.2) is 36.9 Å². The number of halogens is 1. The van der Waals surface area contributed by atoms with Crippen molar-refractivity contribution in [2.75, 3.05) is 12.3 Å². The molecule has 1 amide bonds. The van der Waals surface area contributed by atoms with Crippen molar-refractivity contribution >= 4 is 23.2 Å². The minimum Gasteiger partial charge on any atom is -0.397 e. The fraction of sp³-hybridized carbons (Fsp3) is 0.286. The van der Waals surface area contributed by atoms with Crippen LogP contribution in [0, 0.1) is 0 Å². The van der Waals surface area contributed by atoms with Crippen LogP contribution in [0.3, 0.4) is 0 Å². The van der Waals surface area contributed by atoms with Gasteiger partial charge in [0.1, 0.15) is 0 Å². The first-order valence-electron chi connectivity index (χ1n) is 6.46. The number of rotatable bonds is 6. The molecule has 1 aromatic heterocycles. The Balaban J connectivity index is 1.74. The molecular weight excluding hydrogens is 276 g/mol. The molecule has 1 aromatic carbocycles. The highest BCUT2D eigenvalue weighted by atomic mass is 35.5. The van der Waals surface area contributed by atoms with Crippen LogP contribution in [0.1, 0.15) is 23.2 Å². The van der Waals surface area contributed by atoms with Gasteiger partial charge in [-0.3, -0.25) is 4.79 Å². The number of amides is 1. The van der Waals surface area contributed by atoms with Crippen molar-refractivity contribution in [2.45, 2.75) is 19.4 Å². The van der Waals surface area contributed by atoms with E-state index in [9.17, 15) is 4.79 Å². The van der Waals surface area contributed by atoms with E-state index in [1.165, 1.54) is 0 Å². The van der Waals surface area contributed by atoms with Gasteiger partial charge in [0, 0.05) is 25.5 Å². The highest BCUT2D eigenvalue weighted by Gasteiger charge is 2.10. The monoisotopic (exact) mass is 292 g/mol. The number of anilines is 1. The lowest BCUT2D eigenvalue weighted by molar-refractivity contribution is 0.0954. The summed E-state index contributed by atoms with van der Waals surface area (Å²) in [7, 11) is 0. The van der Waals surface area contributed by atoms with Gasteiger partial charge in [-0.15, -0.1) is 0 Å². The standard InChI is InChI=1S/C14H17ClN4O/c15-12-5-3-4-11(13(12)16)14(20)18-6-1-2-8-19-9-7-17-10-19/h3-5,7,9-10H,1-2,6,8,16H2,(H,18,20). The van der Waals surface area contributed by atoms with Gasteiger partial charge >= 0.3 is 0 Å². The second-order valence-electron chi connectivity index (χ2n) is 4.46. The maximum atomic E-state index is 11.9. The Morgan fingerprint density at radius 3 is 3.00 bits per heavy atom. The van der Waals surface area contributed by atoms with E-state index >= 15 is 0 Å². The molecule has 2 aromatic rings. The Morgan fingerprint density at radius 1 is 1.40 bits per heavy atom. The number of nitrogen functional groups attached to an aromatic ring is 1. The van der Waals surface area contributed by atoms with Crippen LogP contribution in [-0.4, -0.2) is 22.0 Å². The molecule has 0 saturated carbocycles.